The Morgan fingerprint density at radius 1 is 0.606 bits per heavy atom. The number of carbonyl (C=O) groups is 3. The lowest BCUT2D eigenvalue weighted by Gasteiger charge is -2.29. The smallest absolute Gasteiger partial charge is 0.327 e. The molecule has 0 fully saturated rings. The Labute approximate surface area is 203 Å². The molecule has 0 spiro atoms. The summed E-state index contributed by atoms with van der Waals surface area (Å²) < 4.78 is 5.25. The summed E-state index contributed by atoms with van der Waals surface area (Å²) in [6, 6.07) is 0. The van der Waals surface area contributed by atoms with Gasteiger partial charge in [-0.05, 0) is 19.3 Å². The lowest BCUT2D eigenvalue weighted by Crippen LogP contribution is -2.48. The molecule has 194 valence electrons. The zero-order chi connectivity index (χ0) is 24.8. The molecule has 0 aromatic heterocycles. The van der Waals surface area contributed by atoms with Crippen molar-refractivity contribution in [1.82, 2.24) is 0 Å². The van der Waals surface area contributed by atoms with Crippen LogP contribution in [0.2, 0.25) is 0 Å². The highest BCUT2D eigenvalue weighted by molar-refractivity contribution is 6.22. The second kappa shape index (κ2) is 21.3. The van der Waals surface area contributed by atoms with Gasteiger partial charge in [0.05, 0.1) is 6.61 Å². The van der Waals surface area contributed by atoms with Crippen molar-refractivity contribution in [2.75, 3.05) is 13.2 Å². The van der Waals surface area contributed by atoms with E-state index in [4.69, 9.17) is 9.84 Å². The monoisotopic (exact) mass is 468 g/mol. The highest BCUT2D eigenvalue weighted by Gasteiger charge is 2.51. The lowest BCUT2D eigenvalue weighted by molar-refractivity contribution is -0.166. The van der Waals surface area contributed by atoms with Crippen LogP contribution in [0.5, 0.6) is 0 Å². The number of aliphatic hydroxyl groups excluding tert-OH is 1. The Balaban J connectivity index is 5.41. The fraction of sp³-hybridized carbons (Fsp3) is 0.893. The van der Waals surface area contributed by atoms with Crippen molar-refractivity contribution in [3.05, 3.63) is 0 Å². The first-order valence-electron chi connectivity index (χ1n) is 13.9. The molecule has 33 heavy (non-hydrogen) atoms. The molecule has 0 unspecified atom stereocenters. The average molecular weight is 469 g/mol. The van der Waals surface area contributed by atoms with Crippen molar-refractivity contribution in [2.45, 2.75) is 143 Å². The van der Waals surface area contributed by atoms with Crippen LogP contribution in [0.3, 0.4) is 0 Å². The Bertz CT molecular complexity index is 488. The summed E-state index contributed by atoms with van der Waals surface area (Å²) >= 11 is 0. The molecule has 5 nitrogen and oxygen atoms in total. The molecule has 5 heteroatoms. The van der Waals surface area contributed by atoms with E-state index in [-0.39, 0.29) is 44.0 Å². The summed E-state index contributed by atoms with van der Waals surface area (Å²) in [5.41, 5.74) is -1.69. The largest absolute Gasteiger partial charge is 0.462 e. The third-order valence-corrected chi connectivity index (χ3v) is 6.55. The van der Waals surface area contributed by atoms with Gasteiger partial charge in [-0.2, -0.15) is 0 Å². The first-order valence-corrected chi connectivity index (χ1v) is 13.9. The number of unbranched alkanes of at least 4 members (excludes halogenated alkanes) is 13. The maximum absolute atomic E-state index is 13.5. The zero-order valence-electron chi connectivity index (χ0n) is 21.9. The Kier molecular flexibility index (Phi) is 20.5. The minimum absolute atomic E-state index is 0.176. The number of carbonyl (C=O) groups excluding carboxylic acids is 3. The van der Waals surface area contributed by atoms with E-state index in [1.165, 1.54) is 6.42 Å². The quantitative estimate of drug-likeness (QED) is 0.0926. The number of rotatable bonds is 24. The molecule has 0 saturated heterocycles. The Morgan fingerprint density at radius 3 is 1.42 bits per heavy atom. The van der Waals surface area contributed by atoms with Crippen LogP contribution in [-0.4, -0.2) is 35.9 Å². The third kappa shape index (κ3) is 13.3. The molecular weight excluding hydrogens is 416 g/mol. The summed E-state index contributed by atoms with van der Waals surface area (Å²) in [5.74, 6) is -1.27. The van der Waals surface area contributed by atoms with Gasteiger partial charge in [-0.15, -0.1) is 0 Å². The van der Waals surface area contributed by atoms with Gasteiger partial charge < -0.3 is 9.84 Å². The van der Waals surface area contributed by atoms with Crippen molar-refractivity contribution in [3.63, 3.8) is 0 Å². The summed E-state index contributed by atoms with van der Waals surface area (Å²) in [5, 5.41) is 9.16. The molecule has 0 heterocycles. The predicted octanol–water partition coefficient (Wildman–Crippen LogP) is 7.12. The molecule has 1 N–H and O–H groups in total. The van der Waals surface area contributed by atoms with E-state index >= 15 is 0 Å². The molecule has 0 radical (unpaired) electrons. The summed E-state index contributed by atoms with van der Waals surface area (Å²) in [6.45, 7) is 5.97. The number of ketones is 2. The molecule has 0 aliphatic carbocycles. The van der Waals surface area contributed by atoms with E-state index in [2.05, 4.69) is 20.8 Å². The fourth-order valence-electron chi connectivity index (χ4n) is 4.40. The van der Waals surface area contributed by atoms with Gasteiger partial charge in [-0.3, -0.25) is 14.4 Å². The van der Waals surface area contributed by atoms with E-state index in [1.807, 2.05) is 0 Å². The van der Waals surface area contributed by atoms with Crippen molar-refractivity contribution in [3.8, 4) is 0 Å². The van der Waals surface area contributed by atoms with Crippen LogP contribution in [0.15, 0.2) is 0 Å². The van der Waals surface area contributed by atoms with E-state index in [9.17, 15) is 14.4 Å². The first kappa shape index (κ1) is 31.8. The van der Waals surface area contributed by atoms with Crippen LogP contribution in [-0.2, 0) is 19.1 Å². The third-order valence-electron chi connectivity index (χ3n) is 6.55. The number of ether oxygens (including phenoxy) is 1. The summed E-state index contributed by atoms with van der Waals surface area (Å²) in [6.07, 6.45) is 16.7. The van der Waals surface area contributed by atoms with E-state index in [0.29, 0.717) is 19.3 Å². The van der Waals surface area contributed by atoms with Crippen molar-refractivity contribution < 1.29 is 24.2 Å². The molecule has 0 rings (SSSR count). The van der Waals surface area contributed by atoms with Gasteiger partial charge >= 0.3 is 5.97 Å². The van der Waals surface area contributed by atoms with Crippen LogP contribution in [0.1, 0.15) is 143 Å². The average Bonchev–Trinajstić information content (AvgIpc) is 2.81. The molecule has 0 aliphatic rings. The first-order chi connectivity index (χ1) is 16.0. The molecule has 0 atom stereocenters. The predicted molar refractivity (Wildman–Crippen MR) is 135 cm³/mol. The zero-order valence-corrected chi connectivity index (χ0v) is 21.9. The second-order valence-corrected chi connectivity index (χ2v) is 9.46. The van der Waals surface area contributed by atoms with Crippen LogP contribution in [0.25, 0.3) is 0 Å². The van der Waals surface area contributed by atoms with E-state index in [0.717, 1.165) is 77.0 Å². The SMILES string of the molecule is CCCCCCCCC(C(=O)CCCCCCC)(C(=O)CCCCCCC)C(=O)OCCO. The number of aliphatic hydroxyl groups is 1. The summed E-state index contributed by atoms with van der Waals surface area (Å²) in [4.78, 5) is 40.1. The van der Waals surface area contributed by atoms with Crippen LogP contribution in [0, 0.1) is 5.41 Å². The van der Waals surface area contributed by atoms with Gasteiger partial charge in [-0.25, -0.2) is 0 Å². The highest BCUT2D eigenvalue weighted by atomic mass is 16.5. The van der Waals surface area contributed by atoms with Gasteiger partial charge in [0.1, 0.15) is 6.61 Å². The van der Waals surface area contributed by atoms with Gasteiger partial charge in [0, 0.05) is 12.8 Å². The number of Topliss-reactive ketones (excluding diaryl/α,β-unsaturated/α-hetero) is 2. The van der Waals surface area contributed by atoms with Gasteiger partial charge in [-0.1, -0.05) is 111 Å². The van der Waals surface area contributed by atoms with Crippen LogP contribution in [0.4, 0.5) is 0 Å². The fourth-order valence-corrected chi connectivity index (χ4v) is 4.40. The molecule has 0 bridgehead atoms. The second-order valence-electron chi connectivity index (χ2n) is 9.46. The minimum atomic E-state index is -1.69. The van der Waals surface area contributed by atoms with Crippen molar-refractivity contribution >= 4 is 17.5 Å². The number of esters is 1. The van der Waals surface area contributed by atoms with Gasteiger partial charge in [0.2, 0.25) is 0 Å². The number of hydrogen-bond acceptors (Lipinski definition) is 5. The van der Waals surface area contributed by atoms with Gasteiger partial charge in [0.15, 0.2) is 17.0 Å². The molecule has 0 saturated carbocycles. The van der Waals surface area contributed by atoms with E-state index < -0.39 is 11.4 Å². The lowest BCUT2D eigenvalue weighted by atomic mass is 9.72. The van der Waals surface area contributed by atoms with Crippen molar-refractivity contribution in [1.29, 1.82) is 0 Å². The molecule has 0 aliphatic heterocycles. The highest BCUT2D eigenvalue weighted by Crippen LogP contribution is 2.34. The topological polar surface area (TPSA) is 80.7 Å². The molecule has 0 aromatic rings. The van der Waals surface area contributed by atoms with Crippen molar-refractivity contribution in [2.24, 2.45) is 5.41 Å². The molecule has 0 amide bonds. The standard InChI is InChI=1S/C28H52O5/c1-4-7-10-13-16-19-22-28(27(32)33-24-23-29,25(30)20-17-14-11-8-5-2)26(31)21-18-15-12-9-6-3/h29H,4-24H2,1-3H3. The molecule has 0 aromatic carbocycles. The molecular formula is C28H52O5. The summed E-state index contributed by atoms with van der Waals surface area (Å²) in [7, 11) is 0. The maximum Gasteiger partial charge on any atom is 0.327 e. The Morgan fingerprint density at radius 2 is 1.00 bits per heavy atom. The number of hydrogen-bond donors (Lipinski definition) is 1. The Hall–Kier alpha value is -1.23. The minimum Gasteiger partial charge on any atom is -0.462 e. The van der Waals surface area contributed by atoms with E-state index in [1.54, 1.807) is 0 Å². The normalized spacial score (nSPS) is 11.5. The van der Waals surface area contributed by atoms with Crippen LogP contribution >= 0.6 is 0 Å². The van der Waals surface area contributed by atoms with Crippen LogP contribution < -0.4 is 0 Å². The maximum atomic E-state index is 13.5. The van der Waals surface area contributed by atoms with Gasteiger partial charge in [0.25, 0.3) is 0 Å².